The highest BCUT2D eigenvalue weighted by molar-refractivity contribution is 5.76. The zero-order valence-electron chi connectivity index (χ0n) is 39.5. The largest absolute Gasteiger partial charge is 0.394 e. The van der Waals surface area contributed by atoms with Crippen LogP contribution in [0.2, 0.25) is 0 Å². The van der Waals surface area contributed by atoms with E-state index in [2.05, 4.69) is 31.3 Å². The lowest BCUT2D eigenvalue weighted by molar-refractivity contribution is -0.125. The Morgan fingerprint density at radius 3 is 1.00 bits per heavy atom. The number of aliphatic hydroxyl groups is 3. The number of carbonyl (C=O) groups is 1. The van der Waals surface area contributed by atoms with Gasteiger partial charge in [-0.3, -0.25) is 4.79 Å². The molecule has 0 aliphatic carbocycles. The minimum absolute atomic E-state index is 0.0403. The molecule has 0 heterocycles. The van der Waals surface area contributed by atoms with Gasteiger partial charge in [0.25, 0.3) is 0 Å². The Hall–Kier alpha value is -0.910. The van der Waals surface area contributed by atoms with Crippen molar-refractivity contribution in [2.45, 2.75) is 315 Å². The zero-order chi connectivity index (χ0) is 42.3. The molecular formula is C53H105NO4. The Morgan fingerprint density at radius 1 is 0.414 bits per heavy atom. The lowest BCUT2D eigenvalue weighted by Crippen LogP contribution is -2.46. The van der Waals surface area contributed by atoms with Gasteiger partial charge in [-0.15, -0.1) is 0 Å². The van der Waals surface area contributed by atoms with Crippen LogP contribution in [0.3, 0.4) is 0 Å². The van der Waals surface area contributed by atoms with E-state index in [0.717, 1.165) is 25.7 Å². The van der Waals surface area contributed by atoms with Gasteiger partial charge in [0.05, 0.1) is 31.3 Å². The first kappa shape index (κ1) is 57.1. The van der Waals surface area contributed by atoms with Crippen LogP contribution in [-0.4, -0.2) is 46.1 Å². The van der Waals surface area contributed by atoms with Gasteiger partial charge in [-0.2, -0.15) is 0 Å². The topological polar surface area (TPSA) is 89.8 Å². The van der Waals surface area contributed by atoms with Crippen LogP contribution in [0.25, 0.3) is 0 Å². The highest BCUT2D eigenvalue weighted by Gasteiger charge is 2.21. The van der Waals surface area contributed by atoms with E-state index in [9.17, 15) is 20.1 Å². The molecule has 58 heavy (non-hydrogen) atoms. The van der Waals surface area contributed by atoms with Crippen LogP contribution in [0.5, 0.6) is 0 Å². The fourth-order valence-corrected chi connectivity index (χ4v) is 8.52. The molecule has 0 aromatic carbocycles. The highest BCUT2D eigenvalue weighted by Crippen LogP contribution is 2.17. The lowest BCUT2D eigenvalue weighted by atomic mass is 10.0. The summed E-state index contributed by atoms with van der Waals surface area (Å²) in [5.41, 5.74) is 0. The van der Waals surface area contributed by atoms with E-state index in [0.29, 0.717) is 12.8 Å². The summed E-state index contributed by atoms with van der Waals surface area (Å²) in [6, 6.07) is -0.655. The van der Waals surface area contributed by atoms with Gasteiger partial charge in [-0.25, -0.2) is 0 Å². The molecule has 5 heteroatoms. The third-order valence-electron chi connectivity index (χ3n) is 12.6. The monoisotopic (exact) mass is 820 g/mol. The van der Waals surface area contributed by atoms with Crippen molar-refractivity contribution >= 4 is 5.91 Å². The van der Waals surface area contributed by atoms with Gasteiger partial charge in [0.15, 0.2) is 0 Å². The Kier molecular flexibility index (Phi) is 48.0. The number of nitrogens with one attached hydrogen (secondary N) is 1. The lowest BCUT2D eigenvalue weighted by Gasteiger charge is -2.23. The van der Waals surface area contributed by atoms with Crippen LogP contribution >= 0.6 is 0 Å². The molecule has 0 saturated carbocycles. The van der Waals surface area contributed by atoms with Crippen LogP contribution in [0.4, 0.5) is 0 Å². The second-order valence-electron chi connectivity index (χ2n) is 18.5. The van der Waals surface area contributed by atoms with E-state index in [1.807, 2.05) is 0 Å². The third kappa shape index (κ3) is 44.6. The molecule has 0 fully saturated rings. The Labute approximate surface area is 363 Å². The Balaban J connectivity index is 3.49. The Morgan fingerprint density at radius 2 is 0.690 bits per heavy atom. The molecule has 1 amide bonds. The molecule has 0 rings (SSSR count). The summed E-state index contributed by atoms with van der Waals surface area (Å²) in [5, 5.41) is 33.5. The van der Waals surface area contributed by atoms with Crippen molar-refractivity contribution in [2.75, 3.05) is 6.61 Å². The maximum atomic E-state index is 12.5. The van der Waals surface area contributed by atoms with Gasteiger partial charge in [-0.1, -0.05) is 264 Å². The number of amides is 1. The SMILES string of the molecule is CCCCCCCCCCCCCC/C=C\CCCCCCCCCCCCCCCC(O)CC(=O)NC(CO)C(O)CCCCCCCCCCCCCCCC. The normalized spacial score (nSPS) is 13.4. The van der Waals surface area contributed by atoms with Crippen LogP contribution in [-0.2, 0) is 4.79 Å². The zero-order valence-corrected chi connectivity index (χ0v) is 39.5. The predicted molar refractivity (Wildman–Crippen MR) is 255 cm³/mol. The smallest absolute Gasteiger partial charge is 0.222 e. The number of aliphatic hydroxyl groups excluding tert-OH is 3. The molecular weight excluding hydrogens is 715 g/mol. The first-order valence-electron chi connectivity index (χ1n) is 26.5. The van der Waals surface area contributed by atoms with Gasteiger partial charge in [0.1, 0.15) is 0 Å². The van der Waals surface area contributed by atoms with E-state index in [-0.39, 0.29) is 18.9 Å². The molecule has 3 unspecified atom stereocenters. The summed E-state index contributed by atoms with van der Waals surface area (Å²) < 4.78 is 0. The second-order valence-corrected chi connectivity index (χ2v) is 18.5. The van der Waals surface area contributed by atoms with Crippen LogP contribution in [0.1, 0.15) is 296 Å². The number of hydrogen-bond acceptors (Lipinski definition) is 4. The van der Waals surface area contributed by atoms with Crippen molar-refractivity contribution in [2.24, 2.45) is 0 Å². The fourth-order valence-electron chi connectivity index (χ4n) is 8.52. The molecule has 0 aromatic heterocycles. The van der Waals surface area contributed by atoms with Crippen molar-refractivity contribution in [3.63, 3.8) is 0 Å². The van der Waals surface area contributed by atoms with Gasteiger partial charge >= 0.3 is 0 Å². The number of rotatable bonds is 49. The molecule has 0 saturated heterocycles. The maximum Gasteiger partial charge on any atom is 0.222 e. The van der Waals surface area contributed by atoms with E-state index >= 15 is 0 Å². The average Bonchev–Trinajstić information content (AvgIpc) is 3.22. The average molecular weight is 820 g/mol. The molecule has 346 valence electrons. The third-order valence-corrected chi connectivity index (χ3v) is 12.6. The minimum atomic E-state index is -0.746. The van der Waals surface area contributed by atoms with Crippen molar-refractivity contribution in [3.05, 3.63) is 12.2 Å². The van der Waals surface area contributed by atoms with Crippen LogP contribution in [0.15, 0.2) is 12.2 Å². The summed E-state index contributed by atoms with van der Waals surface area (Å²) in [6.07, 6.45) is 59.3. The van der Waals surface area contributed by atoms with Crippen molar-refractivity contribution in [1.29, 1.82) is 0 Å². The van der Waals surface area contributed by atoms with Gasteiger partial charge in [-0.05, 0) is 38.5 Å². The molecule has 5 nitrogen and oxygen atoms in total. The number of hydrogen-bond donors (Lipinski definition) is 4. The van der Waals surface area contributed by atoms with Gasteiger partial charge in [0.2, 0.25) is 5.91 Å². The number of carbonyl (C=O) groups excluding carboxylic acids is 1. The van der Waals surface area contributed by atoms with E-state index < -0.39 is 18.2 Å². The van der Waals surface area contributed by atoms with Crippen molar-refractivity contribution in [1.82, 2.24) is 5.32 Å². The van der Waals surface area contributed by atoms with Crippen molar-refractivity contribution in [3.8, 4) is 0 Å². The van der Waals surface area contributed by atoms with Crippen molar-refractivity contribution < 1.29 is 20.1 Å². The molecule has 0 aliphatic heterocycles. The molecule has 0 radical (unpaired) electrons. The second kappa shape index (κ2) is 48.8. The maximum absolute atomic E-state index is 12.5. The van der Waals surface area contributed by atoms with Crippen LogP contribution < -0.4 is 5.32 Å². The predicted octanol–water partition coefficient (Wildman–Crippen LogP) is 15.9. The summed E-state index contributed by atoms with van der Waals surface area (Å²) in [7, 11) is 0. The fraction of sp³-hybridized carbons (Fsp3) is 0.943. The highest BCUT2D eigenvalue weighted by atomic mass is 16.3. The summed E-state index contributed by atoms with van der Waals surface area (Å²) in [5.74, 6) is -0.279. The summed E-state index contributed by atoms with van der Waals surface area (Å²) in [6.45, 7) is 4.29. The number of allylic oxidation sites excluding steroid dienone is 2. The molecule has 4 N–H and O–H groups in total. The first-order chi connectivity index (χ1) is 28.5. The quantitative estimate of drug-likeness (QED) is 0.0364. The molecule has 0 aromatic rings. The molecule has 0 bridgehead atoms. The van der Waals surface area contributed by atoms with E-state index in [1.165, 1.54) is 238 Å². The summed E-state index contributed by atoms with van der Waals surface area (Å²) >= 11 is 0. The number of unbranched alkanes of at least 4 members (excludes halogenated alkanes) is 38. The van der Waals surface area contributed by atoms with E-state index in [1.54, 1.807) is 0 Å². The van der Waals surface area contributed by atoms with E-state index in [4.69, 9.17) is 0 Å². The molecule has 0 aliphatic rings. The standard InChI is InChI=1S/C53H105NO4/c1-3-5-7-9-11-13-15-17-19-20-21-22-23-24-25-26-27-28-29-30-31-32-33-34-36-38-40-42-44-46-50(56)48-53(58)54-51(49-55)52(57)47-45-43-41-39-37-35-18-16-14-12-10-8-6-4-2/h24-25,50-52,55-57H,3-23,26-49H2,1-2H3,(H,54,58)/b25-24-. The molecule has 0 spiro atoms. The Bertz CT molecular complexity index is 818. The molecule has 3 atom stereocenters. The minimum Gasteiger partial charge on any atom is -0.394 e. The van der Waals surface area contributed by atoms with Crippen LogP contribution in [0, 0.1) is 0 Å². The van der Waals surface area contributed by atoms with Gasteiger partial charge < -0.3 is 20.6 Å². The summed E-state index contributed by atoms with van der Waals surface area (Å²) in [4.78, 5) is 12.5. The first-order valence-corrected chi connectivity index (χ1v) is 26.5. The van der Waals surface area contributed by atoms with Gasteiger partial charge in [0, 0.05) is 0 Å².